The van der Waals surface area contributed by atoms with Gasteiger partial charge in [0.1, 0.15) is 5.69 Å². The second-order valence-corrected chi connectivity index (χ2v) is 8.55. The van der Waals surface area contributed by atoms with Gasteiger partial charge in [0.2, 0.25) is 5.91 Å². The molecule has 0 saturated carbocycles. The Labute approximate surface area is 176 Å². The van der Waals surface area contributed by atoms with Crippen molar-refractivity contribution in [3.63, 3.8) is 0 Å². The van der Waals surface area contributed by atoms with Gasteiger partial charge in [0.15, 0.2) is 5.13 Å². The van der Waals surface area contributed by atoms with Crippen LogP contribution >= 0.6 is 23.1 Å². The average Bonchev–Trinajstić information content (AvgIpc) is 3.16. The molecule has 2 aromatic heterocycles. The van der Waals surface area contributed by atoms with E-state index in [0.717, 1.165) is 16.3 Å². The molecule has 1 N–H and O–H groups in total. The topological polar surface area (TPSA) is 88.1 Å². The maximum Gasteiger partial charge on any atom is 0.277 e. The lowest BCUT2D eigenvalue weighted by Crippen LogP contribution is -2.36. The molecule has 3 aromatic rings. The third-order valence-electron chi connectivity index (χ3n) is 4.44. The second kappa shape index (κ2) is 9.15. The van der Waals surface area contributed by atoms with Crippen LogP contribution in [0.4, 0.5) is 5.13 Å². The molecular weight excluding hydrogens is 406 g/mol. The predicted octanol–water partition coefficient (Wildman–Crippen LogP) is 3.00. The number of anilines is 1. The van der Waals surface area contributed by atoms with Crippen LogP contribution in [0.15, 0.2) is 48.9 Å². The Hall–Kier alpha value is -2.78. The van der Waals surface area contributed by atoms with Crippen LogP contribution in [0.25, 0.3) is 0 Å². The first-order valence-corrected chi connectivity index (χ1v) is 11.1. The lowest BCUT2D eigenvalue weighted by molar-refractivity contribution is -0.129. The number of thiazole rings is 1. The summed E-state index contributed by atoms with van der Waals surface area (Å²) < 4.78 is 0. The zero-order valence-electron chi connectivity index (χ0n) is 15.6. The number of nitrogens with one attached hydrogen (secondary N) is 1. The maximum absolute atomic E-state index is 12.6. The van der Waals surface area contributed by atoms with Crippen LogP contribution in [0.2, 0.25) is 0 Å². The van der Waals surface area contributed by atoms with Crippen molar-refractivity contribution in [3.05, 3.63) is 70.8 Å². The van der Waals surface area contributed by atoms with Crippen LogP contribution in [0.5, 0.6) is 0 Å². The first kappa shape index (κ1) is 19.5. The van der Waals surface area contributed by atoms with E-state index >= 15 is 0 Å². The van der Waals surface area contributed by atoms with Crippen LogP contribution in [0, 0.1) is 0 Å². The molecule has 148 valence electrons. The quantitative estimate of drug-likeness (QED) is 0.653. The second-order valence-electron chi connectivity index (χ2n) is 6.48. The number of fused-ring (bicyclic) bond motifs is 1. The highest BCUT2D eigenvalue weighted by molar-refractivity contribution is 7.99. The molecule has 9 heteroatoms. The Morgan fingerprint density at radius 3 is 2.86 bits per heavy atom. The number of nitrogens with zero attached hydrogens (tertiary/aromatic N) is 4. The van der Waals surface area contributed by atoms with Crippen molar-refractivity contribution in [3.8, 4) is 0 Å². The van der Waals surface area contributed by atoms with Crippen LogP contribution in [0.3, 0.4) is 0 Å². The van der Waals surface area contributed by atoms with E-state index in [9.17, 15) is 9.59 Å². The Kier molecular flexibility index (Phi) is 6.16. The summed E-state index contributed by atoms with van der Waals surface area (Å²) in [6.07, 6.45) is 5.10. The van der Waals surface area contributed by atoms with Crippen LogP contribution < -0.4 is 5.32 Å². The molecule has 7 nitrogen and oxygen atoms in total. The van der Waals surface area contributed by atoms with E-state index in [0.29, 0.717) is 30.4 Å². The van der Waals surface area contributed by atoms with Crippen molar-refractivity contribution >= 4 is 40.0 Å². The van der Waals surface area contributed by atoms with Gasteiger partial charge in [-0.15, -0.1) is 11.8 Å². The summed E-state index contributed by atoms with van der Waals surface area (Å²) in [6.45, 7) is 1.19. The number of carbonyl (C=O) groups excluding carboxylic acids is 2. The van der Waals surface area contributed by atoms with Crippen LogP contribution in [0.1, 0.15) is 26.6 Å². The van der Waals surface area contributed by atoms with Gasteiger partial charge in [-0.3, -0.25) is 19.9 Å². The van der Waals surface area contributed by atoms with Crippen LogP contribution in [-0.2, 0) is 23.5 Å². The monoisotopic (exact) mass is 425 g/mol. The molecule has 2 amide bonds. The smallest absolute Gasteiger partial charge is 0.277 e. The van der Waals surface area contributed by atoms with Gasteiger partial charge < -0.3 is 4.90 Å². The molecule has 1 aliphatic heterocycles. The van der Waals surface area contributed by atoms with E-state index in [4.69, 9.17) is 0 Å². The number of rotatable bonds is 6. The van der Waals surface area contributed by atoms with Gasteiger partial charge in [0, 0.05) is 36.0 Å². The van der Waals surface area contributed by atoms with E-state index in [2.05, 4.69) is 32.4 Å². The first-order chi connectivity index (χ1) is 14.2. The van der Waals surface area contributed by atoms with Crippen LogP contribution in [-0.4, -0.2) is 44.0 Å². The van der Waals surface area contributed by atoms with Crippen molar-refractivity contribution in [2.45, 2.75) is 18.7 Å². The number of aromatic nitrogens is 3. The molecule has 0 atom stereocenters. The summed E-state index contributed by atoms with van der Waals surface area (Å²) >= 11 is 3.04. The fourth-order valence-electron chi connectivity index (χ4n) is 2.96. The van der Waals surface area contributed by atoms with E-state index < -0.39 is 0 Å². The lowest BCUT2D eigenvalue weighted by atomic mass is 10.2. The third kappa shape index (κ3) is 4.99. The summed E-state index contributed by atoms with van der Waals surface area (Å²) in [7, 11) is 0. The van der Waals surface area contributed by atoms with Gasteiger partial charge in [-0.05, 0) is 5.56 Å². The number of amides is 2. The van der Waals surface area contributed by atoms with Crippen molar-refractivity contribution in [1.29, 1.82) is 0 Å². The highest BCUT2D eigenvalue weighted by Crippen LogP contribution is 2.29. The first-order valence-electron chi connectivity index (χ1n) is 9.14. The zero-order valence-corrected chi connectivity index (χ0v) is 17.2. The summed E-state index contributed by atoms with van der Waals surface area (Å²) in [5.41, 5.74) is 2.41. The van der Waals surface area contributed by atoms with E-state index in [1.165, 1.54) is 35.5 Å². The molecule has 0 spiro atoms. The fraction of sp³-hybridized carbons (Fsp3) is 0.250. The number of benzene rings is 1. The minimum atomic E-state index is -0.338. The predicted molar refractivity (Wildman–Crippen MR) is 114 cm³/mol. The molecule has 4 rings (SSSR count). The summed E-state index contributed by atoms with van der Waals surface area (Å²) in [5, 5.41) is 3.30. The Bertz CT molecular complexity index is 995. The summed E-state index contributed by atoms with van der Waals surface area (Å²) in [5.74, 6) is 1.08. The SMILES string of the molecule is O=C(Nc1nc2c(s1)CN(C(=O)CSCc1ccccc1)CC2)c1cnccn1. The van der Waals surface area contributed by atoms with Gasteiger partial charge in [-0.2, -0.15) is 0 Å². The largest absolute Gasteiger partial charge is 0.336 e. The molecule has 0 unspecified atom stereocenters. The third-order valence-corrected chi connectivity index (χ3v) is 6.42. The van der Waals surface area contributed by atoms with Gasteiger partial charge in [0.25, 0.3) is 5.91 Å². The number of hydrogen-bond acceptors (Lipinski definition) is 7. The molecule has 0 aliphatic carbocycles. The number of hydrogen-bond donors (Lipinski definition) is 1. The molecular formula is C20H19N5O2S2. The van der Waals surface area contributed by atoms with Crippen molar-refractivity contribution < 1.29 is 9.59 Å². The van der Waals surface area contributed by atoms with Gasteiger partial charge in [-0.1, -0.05) is 41.7 Å². The maximum atomic E-state index is 12.6. The molecule has 0 radical (unpaired) electrons. The minimum absolute atomic E-state index is 0.134. The Morgan fingerprint density at radius 1 is 1.21 bits per heavy atom. The molecule has 29 heavy (non-hydrogen) atoms. The number of thioether (sulfide) groups is 1. The zero-order chi connectivity index (χ0) is 20.1. The summed E-state index contributed by atoms with van der Waals surface area (Å²) in [4.78, 5) is 40.1. The molecule has 0 bridgehead atoms. The van der Waals surface area contributed by atoms with E-state index in [1.54, 1.807) is 11.8 Å². The van der Waals surface area contributed by atoms with Gasteiger partial charge in [-0.25, -0.2) is 9.97 Å². The minimum Gasteiger partial charge on any atom is -0.336 e. The van der Waals surface area contributed by atoms with Crippen molar-refractivity contribution in [2.24, 2.45) is 0 Å². The molecule has 0 fully saturated rings. The molecule has 3 heterocycles. The van der Waals surface area contributed by atoms with E-state index in [-0.39, 0.29) is 17.5 Å². The highest BCUT2D eigenvalue weighted by atomic mass is 32.2. The average molecular weight is 426 g/mol. The molecule has 1 aromatic carbocycles. The fourth-order valence-corrected chi connectivity index (χ4v) is 4.87. The standard InChI is InChI=1S/C20H19N5O2S2/c26-18(13-28-12-14-4-2-1-3-5-14)25-9-6-15-17(11-25)29-20(23-15)24-19(27)16-10-21-7-8-22-16/h1-5,7-8,10H,6,9,11-13H2,(H,23,24,27). The lowest BCUT2D eigenvalue weighted by Gasteiger charge is -2.26. The van der Waals surface area contributed by atoms with Gasteiger partial charge in [0.05, 0.1) is 24.2 Å². The highest BCUT2D eigenvalue weighted by Gasteiger charge is 2.24. The van der Waals surface area contributed by atoms with E-state index in [1.807, 2.05) is 23.1 Å². The number of carbonyl (C=O) groups is 2. The van der Waals surface area contributed by atoms with Gasteiger partial charge >= 0.3 is 0 Å². The molecule has 1 aliphatic rings. The normalized spacial score (nSPS) is 13.0. The summed E-state index contributed by atoms with van der Waals surface area (Å²) in [6, 6.07) is 10.1. The molecule has 0 saturated heterocycles. The van der Waals surface area contributed by atoms with Crippen molar-refractivity contribution in [2.75, 3.05) is 17.6 Å². The van der Waals surface area contributed by atoms with Crippen molar-refractivity contribution in [1.82, 2.24) is 19.9 Å². The Balaban J connectivity index is 1.31. The Morgan fingerprint density at radius 2 is 2.07 bits per heavy atom.